The lowest BCUT2D eigenvalue weighted by Crippen LogP contribution is -2.16. The summed E-state index contributed by atoms with van der Waals surface area (Å²) in [4.78, 5) is 15.2. The van der Waals surface area contributed by atoms with Crippen molar-refractivity contribution in [3.8, 4) is 11.3 Å². The minimum atomic E-state index is -4.62. The molecule has 3 rings (SSSR count). The van der Waals surface area contributed by atoms with Gasteiger partial charge in [-0.1, -0.05) is 0 Å². The molecule has 1 amide bonds. The molecule has 1 aliphatic heterocycles. The predicted octanol–water partition coefficient (Wildman–Crippen LogP) is 3.17. The Balaban J connectivity index is 1.86. The Morgan fingerprint density at radius 2 is 2.04 bits per heavy atom. The molecule has 2 aromatic rings. The average Bonchev–Trinajstić information content (AvgIpc) is 3.13. The number of nitrogens with zero attached hydrogens (tertiary/aromatic N) is 2. The second-order valence-corrected chi connectivity index (χ2v) is 6.28. The van der Waals surface area contributed by atoms with Crippen LogP contribution in [-0.4, -0.2) is 15.7 Å². The molecular formula is C15H13F4N5OS. The van der Waals surface area contributed by atoms with Gasteiger partial charge in [0.1, 0.15) is 10.7 Å². The van der Waals surface area contributed by atoms with Gasteiger partial charge in [0.2, 0.25) is 0 Å². The molecule has 26 heavy (non-hydrogen) atoms. The number of rotatable bonds is 3. The number of hydrogen-bond donors (Lipinski definition) is 3. The van der Waals surface area contributed by atoms with Gasteiger partial charge >= 0.3 is 6.18 Å². The normalized spacial score (nSPS) is 14.5. The van der Waals surface area contributed by atoms with E-state index in [1.165, 1.54) is 19.2 Å². The second kappa shape index (κ2) is 6.65. The van der Waals surface area contributed by atoms with E-state index in [0.29, 0.717) is 10.6 Å². The molecule has 0 saturated carbocycles. The standard InChI is InChI=1S/C15H13F4N5OS/c1-7-13(26-23-21-7)14(25)20-8-3-4-9(10(16)5-8)11-6-12(15(17,18)19)22-24(11)2/h3-6,21,23H,1-2H3,(H,20,25). The average molecular weight is 387 g/mol. The van der Waals surface area contributed by atoms with Crippen LogP contribution in [0.25, 0.3) is 11.3 Å². The van der Waals surface area contributed by atoms with E-state index in [1.807, 2.05) is 0 Å². The molecule has 1 aromatic carbocycles. The van der Waals surface area contributed by atoms with Gasteiger partial charge < -0.3 is 10.7 Å². The van der Waals surface area contributed by atoms with Gasteiger partial charge in [0.25, 0.3) is 5.91 Å². The highest BCUT2D eigenvalue weighted by molar-refractivity contribution is 8.02. The number of hydrazine groups is 1. The number of amides is 1. The number of aryl methyl sites for hydroxylation is 1. The van der Waals surface area contributed by atoms with Crippen molar-refractivity contribution >= 4 is 23.5 Å². The zero-order valence-corrected chi connectivity index (χ0v) is 14.3. The fourth-order valence-electron chi connectivity index (χ4n) is 2.35. The summed E-state index contributed by atoms with van der Waals surface area (Å²) >= 11 is 1.08. The molecule has 3 N–H and O–H groups in total. The number of nitrogens with one attached hydrogen (secondary N) is 3. The fraction of sp³-hybridized carbons (Fsp3) is 0.200. The van der Waals surface area contributed by atoms with E-state index in [2.05, 4.69) is 20.7 Å². The minimum absolute atomic E-state index is 0.0222. The lowest BCUT2D eigenvalue weighted by molar-refractivity contribution is -0.141. The SMILES string of the molecule is CC1=C(C(=O)Nc2ccc(-c3cc(C(F)(F)F)nn3C)c(F)c2)SNN1. The van der Waals surface area contributed by atoms with E-state index in [1.54, 1.807) is 6.92 Å². The van der Waals surface area contributed by atoms with Gasteiger partial charge in [-0.05, 0) is 43.1 Å². The van der Waals surface area contributed by atoms with Crippen LogP contribution in [-0.2, 0) is 18.0 Å². The topological polar surface area (TPSA) is 71.0 Å². The third-order valence-corrected chi connectivity index (χ3v) is 4.51. The van der Waals surface area contributed by atoms with Crippen molar-refractivity contribution in [1.29, 1.82) is 0 Å². The van der Waals surface area contributed by atoms with Crippen molar-refractivity contribution in [2.75, 3.05) is 5.32 Å². The van der Waals surface area contributed by atoms with Crippen LogP contribution >= 0.6 is 11.9 Å². The first-order chi connectivity index (χ1) is 12.2. The molecule has 1 aromatic heterocycles. The van der Waals surface area contributed by atoms with Crippen LogP contribution in [0, 0.1) is 5.82 Å². The summed E-state index contributed by atoms with van der Waals surface area (Å²) in [5.41, 5.74) is 2.38. The van der Waals surface area contributed by atoms with Crippen molar-refractivity contribution in [2.45, 2.75) is 13.1 Å². The molecule has 0 saturated heterocycles. The second-order valence-electron chi connectivity index (χ2n) is 5.47. The highest BCUT2D eigenvalue weighted by Crippen LogP contribution is 2.33. The zero-order valence-electron chi connectivity index (χ0n) is 13.5. The largest absolute Gasteiger partial charge is 0.435 e. The number of hydrogen-bond acceptors (Lipinski definition) is 5. The first-order valence-corrected chi connectivity index (χ1v) is 8.09. The number of aromatic nitrogens is 2. The van der Waals surface area contributed by atoms with Gasteiger partial charge in [-0.2, -0.15) is 23.1 Å². The van der Waals surface area contributed by atoms with Crippen LogP contribution in [0.5, 0.6) is 0 Å². The Labute approximate surface area is 149 Å². The summed E-state index contributed by atoms with van der Waals surface area (Å²) in [5.74, 6) is -1.21. The van der Waals surface area contributed by atoms with Crippen LogP contribution in [0.15, 0.2) is 34.9 Å². The van der Waals surface area contributed by atoms with Crippen LogP contribution in [0.2, 0.25) is 0 Å². The molecule has 0 atom stereocenters. The molecule has 2 heterocycles. The Morgan fingerprint density at radius 1 is 1.31 bits per heavy atom. The quantitative estimate of drug-likeness (QED) is 0.558. The maximum atomic E-state index is 14.4. The van der Waals surface area contributed by atoms with Crippen LogP contribution in [0.3, 0.4) is 0 Å². The first kappa shape index (κ1) is 18.3. The van der Waals surface area contributed by atoms with E-state index in [0.717, 1.165) is 28.8 Å². The third kappa shape index (κ3) is 3.53. The van der Waals surface area contributed by atoms with E-state index >= 15 is 0 Å². The molecular weight excluding hydrogens is 374 g/mol. The molecule has 0 radical (unpaired) electrons. The van der Waals surface area contributed by atoms with E-state index in [4.69, 9.17) is 0 Å². The Hall–Kier alpha value is -2.53. The van der Waals surface area contributed by atoms with Gasteiger partial charge in [-0.3, -0.25) is 9.48 Å². The Kier molecular flexibility index (Phi) is 4.67. The zero-order chi connectivity index (χ0) is 19.1. The monoisotopic (exact) mass is 387 g/mol. The van der Waals surface area contributed by atoms with Crippen LogP contribution < -0.4 is 15.6 Å². The highest BCUT2D eigenvalue weighted by atomic mass is 32.2. The van der Waals surface area contributed by atoms with Gasteiger partial charge in [0.15, 0.2) is 5.69 Å². The van der Waals surface area contributed by atoms with E-state index in [9.17, 15) is 22.4 Å². The fourth-order valence-corrected chi connectivity index (χ4v) is 3.00. The van der Waals surface area contributed by atoms with Crippen LogP contribution in [0.1, 0.15) is 12.6 Å². The van der Waals surface area contributed by atoms with E-state index < -0.39 is 23.6 Å². The van der Waals surface area contributed by atoms with Gasteiger partial charge in [0.05, 0.1) is 5.69 Å². The summed E-state index contributed by atoms with van der Waals surface area (Å²) < 4.78 is 53.6. The van der Waals surface area contributed by atoms with Crippen molar-refractivity contribution in [3.05, 3.63) is 46.4 Å². The van der Waals surface area contributed by atoms with Crippen molar-refractivity contribution < 1.29 is 22.4 Å². The Morgan fingerprint density at radius 3 is 2.58 bits per heavy atom. The smallest absolute Gasteiger partial charge is 0.321 e. The lowest BCUT2D eigenvalue weighted by Gasteiger charge is -2.08. The lowest BCUT2D eigenvalue weighted by atomic mass is 10.1. The summed E-state index contributed by atoms with van der Waals surface area (Å²) in [6.07, 6.45) is -4.62. The number of allylic oxidation sites excluding steroid dienone is 1. The van der Waals surface area contributed by atoms with Crippen molar-refractivity contribution in [2.24, 2.45) is 7.05 Å². The number of alkyl halides is 3. The molecule has 138 valence electrons. The molecule has 6 nitrogen and oxygen atoms in total. The van der Waals surface area contributed by atoms with Gasteiger partial charge in [-0.15, -0.1) is 0 Å². The van der Waals surface area contributed by atoms with Crippen LogP contribution in [0.4, 0.5) is 23.2 Å². The Bertz CT molecular complexity index is 906. The number of benzene rings is 1. The minimum Gasteiger partial charge on any atom is -0.321 e. The highest BCUT2D eigenvalue weighted by Gasteiger charge is 2.35. The molecule has 11 heteroatoms. The number of carbonyl (C=O) groups excluding carboxylic acids is 1. The van der Waals surface area contributed by atoms with E-state index in [-0.39, 0.29) is 16.9 Å². The van der Waals surface area contributed by atoms with Crippen molar-refractivity contribution in [1.82, 2.24) is 20.0 Å². The maximum absolute atomic E-state index is 14.4. The molecule has 0 bridgehead atoms. The van der Waals surface area contributed by atoms with Crippen molar-refractivity contribution in [3.63, 3.8) is 0 Å². The summed E-state index contributed by atoms with van der Waals surface area (Å²) in [6, 6.07) is 4.52. The molecule has 0 spiro atoms. The third-order valence-electron chi connectivity index (χ3n) is 3.61. The van der Waals surface area contributed by atoms with Gasteiger partial charge in [-0.25, -0.2) is 4.39 Å². The summed E-state index contributed by atoms with van der Waals surface area (Å²) in [6.45, 7) is 1.70. The van der Waals surface area contributed by atoms with Gasteiger partial charge in [0, 0.05) is 24.0 Å². The molecule has 0 unspecified atom stereocenters. The maximum Gasteiger partial charge on any atom is 0.435 e. The summed E-state index contributed by atoms with van der Waals surface area (Å²) in [5, 5.41) is 5.90. The predicted molar refractivity (Wildman–Crippen MR) is 88.8 cm³/mol. The molecule has 0 aliphatic carbocycles. The summed E-state index contributed by atoms with van der Waals surface area (Å²) in [7, 11) is 1.30. The molecule has 1 aliphatic rings. The number of halogens is 4. The first-order valence-electron chi connectivity index (χ1n) is 7.28. The number of carbonyl (C=O) groups is 1. The molecule has 0 fully saturated rings. The number of anilines is 1.